The van der Waals surface area contributed by atoms with Crippen molar-refractivity contribution in [1.82, 2.24) is 4.90 Å². The minimum atomic E-state index is -0.236. The van der Waals surface area contributed by atoms with Crippen molar-refractivity contribution in [2.24, 2.45) is 11.8 Å². The predicted molar refractivity (Wildman–Crippen MR) is 64.5 cm³/mol. The lowest BCUT2D eigenvalue weighted by atomic mass is 10.1. The number of ether oxygens (including phenoxy) is 2. The number of carbonyl (C=O) groups excluding carboxylic acids is 2. The molecule has 17 heavy (non-hydrogen) atoms. The van der Waals surface area contributed by atoms with E-state index in [1.165, 1.54) is 7.11 Å². The van der Waals surface area contributed by atoms with Crippen molar-refractivity contribution in [3.8, 4) is 0 Å². The number of carbonyl (C=O) groups is 2. The van der Waals surface area contributed by atoms with Gasteiger partial charge in [0.2, 0.25) is 0 Å². The van der Waals surface area contributed by atoms with E-state index in [9.17, 15) is 9.59 Å². The highest BCUT2D eigenvalue weighted by molar-refractivity contribution is 5.72. The topological polar surface area (TPSA) is 55.8 Å². The number of hydrogen-bond acceptors (Lipinski definition) is 5. The molecule has 0 fully saturated rings. The van der Waals surface area contributed by atoms with E-state index >= 15 is 0 Å². The largest absolute Gasteiger partial charge is 0.469 e. The molecule has 0 saturated carbocycles. The molecule has 0 spiro atoms. The van der Waals surface area contributed by atoms with Crippen LogP contribution in [0.5, 0.6) is 0 Å². The quantitative estimate of drug-likeness (QED) is 0.624. The van der Waals surface area contributed by atoms with Crippen LogP contribution in [-0.2, 0) is 19.1 Å². The van der Waals surface area contributed by atoms with E-state index in [1.807, 2.05) is 18.9 Å². The highest BCUT2D eigenvalue weighted by Gasteiger charge is 2.20. The standard InChI is InChI=1S/C12H23NO4/c1-6-17-12(15)10(3)8-13(4)7-9(2)11(14)16-5/h9-10H,6-8H2,1-5H3. The van der Waals surface area contributed by atoms with Gasteiger partial charge in [-0.05, 0) is 14.0 Å². The molecule has 0 aromatic heterocycles. The summed E-state index contributed by atoms with van der Waals surface area (Å²) in [6, 6.07) is 0. The van der Waals surface area contributed by atoms with Crippen LogP contribution in [0.3, 0.4) is 0 Å². The van der Waals surface area contributed by atoms with Crippen molar-refractivity contribution in [1.29, 1.82) is 0 Å². The number of methoxy groups -OCH3 is 1. The van der Waals surface area contributed by atoms with Gasteiger partial charge in [0.25, 0.3) is 0 Å². The van der Waals surface area contributed by atoms with Crippen LogP contribution in [0.4, 0.5) is 0 Å². The zero-order valence-corrected chi connectivity index (χ0v) is 11.4. The second-order valence-electron chi connectivity index (χ2n) is 4.30. The van der Waals surface area contributed by atoms with Gasteiger partial charge in [-0.25, -0.2) is 0 Å². The fourth-order valence-electron chi connectivity index (χ4n) is 1.64. The first-order chi connectivity index (χ1) is 7.92. The van der Waals surface area contributed by atoms with Crippen LogP contribution in [0.25, 0.3) is 0 Å². The number of nitrogens with zero attached hydrogens (tertiary/aromatic N) is 1. The lowest BCUT2D eigenvalue weighted by molar-refractivity contribution is -0.148. The fraction of sp³-hybridized carbons (Fsp3) is 0.833. The Bertz CT molecular complexity index is 255. The molecule has 0 bridgehead atoms. The number of hydrogen-bond donors (Lipinski definition) is 0. The summed E-state index contributed by atoms with van der Waals surface area (Å²) in [5.41, 5.74) is 0. The Hall–Kier alpha value is -1.10. The average Bonchev–Trinajstić information content (AvgIpc) is 2.27. The molecule has 2 unspecified atom stereocenters. The van der Waals surface area contributed by atoms with E-state index in [-0.39, 0.29) is 23.8 Å². The normalized spacial score (nSPS) is 14.2. The van der Waals surface area contributed by atoms with Crippen LogP contribution in [-0.4, -0.2) is 50.7 Å². The molecule has 0 radical (unpaired) electrons. The lowest BCUT2D eigenvalue weighted by Crippen LogP contribution is -2.35. The molecule has 0 N–H and O–H groups in total. The van der Waals surface area contributed by atoms with E-state index in [4.69, 9.17) is 4.74 Å². The van der Waals surface area contributed by atoms with Crippen molar-refractivity contribution >= 4 is 11.9 Å². The summed E-state index contributed by atoms with van der Waals surface area (Å²) in [5.74, 6) is -0.824. The van der Waals surface area contributed by atoms with Gasteiger partial charge in [0.1, 0.15) is 0 Å². The van der Waals surface area contributed by atoms with Crippen molar-refractivity contribution in [2.75, 3.05) is 33.9 Å². The maximum atomic E-state index is 11.4. The van der Waals surface area contributed by atoms with Crippen LogP contribution < -0.4 is 0 Å². The first-order valence-electron chi connectivity index (χ1n) is 5.85. The highest BCUT2D eigenvalue weighted by atomic mass is 16.5. The molecule has 0 rings (SSSR count). The monoisotopic (exact) mass is 245 g/mol. The van der Waals surface area contributed by atoms with Crippen molar-refractivity contribution < 1.29 is 19.1 Å². The molecule has 2 atom stereocenters. The van der Waals surface area contributed by atoms with Gasteiger partial charge in [-0.2, -0.15) is 0 Å². The SMILES string of the molecule is CCOC(=O)C(C)CN(C)CC(C)C(=O)OC. The summed E-state index contributed by atoms with van der Waals surface area (Å²) in [5, 5.41) is 0. The molecule has 0 aliphatic carbocycles. The Labute approximate surface area is 103 Å². The molecule has 0 aromatic carbocycles. The Morgan fingerprint density at radius 1 is 1.12 bits per heavy atom. The van der Waals surface area contributed by atoms with Gasteiger partial charge in [-0.1, -0.05) is 13.8 Å². The van der Waals surface area contributed by atoms with Crippen LogP contribution in [0.1, 0.15) is 20.8 Å². The third-order valence-electron chi connectivity index (χ3n) is 2.46. The van der Waals surface area contributed by atoms with Crippen molar-refractivity contribution in [3.05, 3.63) is 0 Å². The van der Waals surface area contributed by atoms with Gasteiger partial charge in [-0.15, -0.1) is 0 Å². The molecule has 0 heterocycles. The molecule has 5 nitrogen and oxygen atoms in total. The van der Waals surface area contributed by atoms with Crippen LogP contribution in [0.15, 0.2) is 0 Å². The van der Waals surface area contributed by atoms with E-state index in [0.717, 1.165) is 0 Å². The highest BCUT2D eigenvalue weighted by Crippen LogP contribution is 2.05. The maximum Gasteiger partial charge on any atom is 0.309 e. The molecule has 100 valence electrons. The molecular weight excluding hydrogens is 222 g/mol. The molecule has 0 aliphatic heterocycles. The lowest BCUT2D eigenvalue weighted by Gasteiger charge is -2.22. The zero-order chi connectivity index (χ0) is 13.4. The molecule has 0 saturated heterocycles. The van der Waals surface area contributed by atoms with Gasteiger partial charge in [0, 0.05) is 13.1 Å². The van der Waals surface area contributed by atoms with Gasteiger partial charge < -0.3 is 14.4 Å². The molecule has 0 aromatic rings. The minimum Gasteiger partial charge on any atom is -0.469 e. The first-order valence-corrected chi connectivity index (χ1v) is 5.85. The van der Waals surface area contributed by atoms with Crippen LogP contribution in [0.2, 0.25) is 0 Å². The summed E-state index contributed by atoms with van der Waals surface area (Å²) >= 11 is 0. The van der Waals surface area contributed by atoms with E-state index in [2.05, 4.69) is 4.74 Å². The van der Waals surface area contributed by atoms with Gasteiger partial charge >= 0.3 is 11.9 Å². The maximum absolute atomic E-state index is 11.4. The molecule has 0 aliphatic rings. The summed E-state index contributed by atoms with van der Waals surface area (Å²) in [6.07, 6.45) is 0. The smallest absolute Gasteiger partial charge is 0.309 e. The zero-order valence-electron chi connectivity index (χ0n) is 11.4. The minimum absolute atomic E-state index is 0.190. The summed E-state index contributed by atoms with van der Waals surface area (Å²) < 4.78 is 9.57. The first kappa shape index (κ1) is 15.9. The average molecular weight is 245 g/mol. The van der Waals surface area contributed by atoms with Crippen molar-refractivity contribution in [2.45, 2.75) is 20.8 Å². The van der Waals surface area contributed by atoms with Gasteiger partial charge in [0.15, 0.2) is 0 Å². The van der Waals surface area contributed by atoms with E-state index in [1.54, 1.807) is 13.8 Å². The Kier molecular flexibility index (Phi) is 7.54. The van der Waals surface area contributed by atoms with E-state index in [0.29, 0.717) is 19.7 Å². The Morgan fingerprint density at radius 3 is 2.00 bits per heavy atom. The predicted octanol–water partition coefficient (Wildman–Crippen LogP) is 0.926. The van der Waals surface area contributed by atoms with Gasteiger partial charge in [0.05, 0.1) is 25.6 Å². The molecule has 5 heteroatoms. The summed E-state index contributed by atoms with van der Waals surface area (Å²) in [7, 11) is 3.25. The summed E-state index contributed by atoms with van der Waals surface area (Å²) in [6.45, 7) is 6.93. The third-order valence-corrected chi connectivity index (χ3v) is 2.46. The number of esters is 2. The second kappa shape index (κ2) is 8.06. The van der Waals surface area contributed by atoms with Crippen LogP contribution in [0, 0.1) is 11.8 Å². The molecule has 0 amide bonds. The fourth-order valence-corrected chi connectivity index (χ4v) is 1.64. The Balaban J connectivity index is 4.04. The second-order valence-corrected chi connectivity index (χ2v) is 4.30. The molecular formula is C12H23NO4. The van der Waals surface area contributed by atoms with E-state index < -0.39 is 0 Å². The Morgan fingerprint density at radius 2 is 1.59 bits per heavy atom. The van der Waals surface area contributed by atoms with Crippen molar-refractivity contribution in [3.63, 3.8) is 0 Å². The van der Waals surface area contributed by atoms with Gasteiger partial charge in [-0.3, -0.25) is 9.59 Å². The number of rotatable bonds is 7. The van der Waals surface area contributed by atoms with Crippen LogP contribution >= 0.6 is 0 Å². The third kappa shape index (κ3) is 6.26. The summed E-state index contributed by atoms with van der Waals surface area (Å²) in [4.78, 5) is 24.6.